The van der Waals surface area contributed by atoms with Crippen LogP contribution >= 0.6 is 11.8 Å². The predicted molar refractivity (Wildman–Crippen MR) is 120 cm³/mol. The van der Waals surface area contributed by atoms with E-state index in [-0.39, 0.29) is 17.2 Å². The van der Waals surface area contributed by atoms with Gasteiger partial charge in [0.2, 0.25) is 0 Å². The van der Waals surface area contributed by atoms with Crippen LogP contribution in [0.4, 0.5) is 10.6 Å². The average Bonchev–Trinajstić information content (AvgIpc) is 3.31. The largest absolute Gasteiger partial charge is 0.492 e. The number of nitrogens with zero attached hydrogens (tertiary/aromatic N) is 5. The highest BCUT2D eigenvalue weighted by Gasteiger charge is 2.24. The molecule has 0 saturated carbocycles. The lowest BCUT2D eigenvalue weighted by molar-refractivity contribution is -0.115. The highest BCUT2D eigenvalue weighted by Crippen LogP contribution is 2.26. The van der Waals surface area contributed by atoms with E-state index in [9.17, 15) is 9.59 Å². The number of carbonyl (C=O) groups is 2. The van der Waals surface area contributed by atoms with Crippen LogP contribution in [0.2, 0.25) is 0 Å². The van der Waals surface area contributed by atoms with Gasteiger partial charge in [0, 0.05) is 13.1 Å². The van der Waals surface area contributed by atoms with Gasteiger partial charge in [0.1, 0.15) is 18.7 Å². The number of ether oxygens (including phenoxy) is 1. The fraction of sp³-hybridized carbons (Fsp3) is 0.286. The molecule has 1 aliphatic heterocycles. The summed E-state index contributed by atoms with van der Waals surface area (Å²) in [5.41, 5.74) is 2.40. The van der Waals surface area contributed by atoms with Crippen LogP contribution in [0.1, 0.15) is 25.5 Å². The zero-order valence-electron chi connectivity index (χ0n) is 17.4. The molecular weight excluding hydrogens is 416 g/mol. The third-order valence-electron chi connectivity index (χ3n) is 4.77. The van der Waals surface area contributed by atoms with E-state index in [1.807, 2.05) is 40.8 Å². The van der Waals surface area contributed by atoms with Gasteiger partial charge in [-0.3, -0.25) is 14.9 Å². The van der Waals surface area contributed by atoms with E-state index in [1.165, 1.54) is 0 Å². The summed E-state index contributed by atoms with van der Waals surface area (Å²) >= 11 is 0.899. The molecule has 1 aromatic carbocycles. The summed E-state index contributed by atoms with van der Waals surface area (Å²) in [7, 11) is 1.94. The molecule has 0 atom stereocenters. The Morgan fingerprint density at radius 2 is 1.97 bits per heavy atom. The highest BCUT2D eigenvalue weighted by atomic mass is 32.2. The SMILES string of the molecule is CC(C)n1cnc2c(N(C)CCOc3ccc(/C=C4\SC(=O)NC4=O)cc3)ncnc21. The second-order valence-corrected chi connectivity index (χ2v) is 8.32. The second kappa shape index (κ2) is 8.76. The number of fused-ring (bicyclic) bond motifs is 1. The van der Waals surface area contributed by atoms with Gasteiger partial charge in [0.05, 0.1) is 17.8 Å². The summed E-state index contributed by atoms with van der Waals surface area (Å²) in [4.78, 5) is 38.5. The Morgan fingerprint density at radius 3 is 2.65 bits per heavy atom. The third kappa shape index (κ3) is 4.53. The highest BCUT2D eigenvalue weighted by molar-refractivity contribution is 8.18. The van der Waals surface area contributed by atoms with E-state index in [4.69, 9.17) is 4.74 Å². The van der Waals surface area contributed by atoms with Gasteiger partial charge in [-0.15, -0.1) is 0 Å². The lowest BCUT2D eigenvalue weighted by Gasteiger charge is -2.18. The molecular formula is C21H22N6O3S. The molecule has 31 heavy (non-hydrogen) atoms. The quantitative estimate of drug-likeness (QED) is 0.561. The summed E-state index contributed by atoms with van der Waals surface area (Å²) in [6, 6.07) is 7.62. The van der Waals surface area contributed by atoms with Crippen molar-refractivity contribution in [2.45, 2.75) is 19.9 Å². The van der Waals surface area contributed by atoms with Gasteiger partial charge in [-0.25, -0.2) is 15.0 Å². The van der Waals surface area contributed by atoms with Crippen LogP contribution in [0.5, 0.6) is 5.75 Å². The van der Waals surface area contributed by atoms with E-state index in [0.29, 0.717) is 23.8 Å². The van der Waals surface area contributed by atoms with Crippen molar-refractivity contribution in [3.63, 3.8) is 0 Å². The molecule has 4 rings (SSSR count). The summed E-state index contributed by atoms with van der Waals surface area (Å²) in [6.07, 6.45) is 5.02. The van der Waals surface area contributed by atoms with E-state index >= 15 is 0 Å². The van der Waals surface area contributed by atoms with Gasteiger partial charge in [0.25, 0.3) is 11.1 Å². The third-order valence-corrected chi connectivity index (χ3v) is 5.58. The Balaban J connectivity index is 1.36. The maximum Gasteiger partial charge on any atom is 0.290 e. The Kier molecular flexibility index (Phi) is 5.90. The molecule has 3 aromatic rings. The molecule has 0 unspecified atom stereocenters. The molecule has 2 aromatic heterocycles. The van der Waals surface area contributed by atoms with Crippen LogP contribution in [0.3, 0.4) is 0 Å². The fourth-order valence-corrected chi connectivity index (χ4v) is 3.82. The van der Waals surface area contributed by atoms with Crippen molar-refractivity contribution >= 4 is 46.0 Å². The van der Waals surface area contributed by atoms with Crippen LogP contribution < -0.4 is 15.0 Å². The summed E-state index contributed by atoms with van der Waals surface area (Å²) < 4.78 is 7.87. The molecule has 1 fully saturated rings. The molecule has 0 bridgehead atoms. The van der Waals surface area contributed by atoms with Crippen molar-refractivity contribution in [1.29, 1.82) is 0 Å². The minimum Gasteiger partial charge on any atom is -0.492 e. The molecule has 1 aliphatic rings. The number of imidazole rings is 1. The zero-order valence-corrected chi connectivity index (χ0v) is 18.2. The monoisotopic (exact) mass is 438 g/mol. The standard InChI is InChI=1S/C21H22N6O3S/c1-13(2)27-12-24-17-18(22-11-23-19(17)27)26(3)8-9-30-15-6-4-14(5-7-15)10-16-20(28)25-21(29)31-16/h4-7,10-13H,8-9H2,1-3H3,(H,25,28,29)/b16-10-. The van der Waals surface area contributed by atoms with Crippen LogP contribution in [0.15, 0.2) is 41.8 Å². The number of imide groups is 1. The van der Waals surface area contributed by atoms with Crippen molar-refractivity contribution in [3.8, 4) is 5.75 Å². The van der Waals surface area contributed by atoms with Gasteiger partial charge in [-0.05, 0) is 49.4 Å². The first kappa shape index (κ1) is 20.9. The first-order chi connectivity index (χ1) is 14.9. The Morgan fingerprint density at radius 1 is 1.19 bits per heavy atom. The van der Waals surface area contributed by atoms with Gasteiger partial charge >= 0.3 is 0 Å². The topological polar surface area (TPSA) is 102 Å². The molecule has 1 N–H and O–H groups in total. The number of thioether (sulfide) groups is 1. The lowest BCUT2D eigenvalue weighted by atomic mass is 10.2. The number of rotatable bonds is 7. The van der Waals surface area contributed by atoms with Crippen molar-refractivity contribution in [2.24, 2.45) is 0 Å². The summed E-state index contributed by atoms with van der Waals surface area (Å²) in [5, 5.41) is 1.89. The second-order valence-electron chi connectivity index (χ2n) is 7.31. The predicted octanol–water partition coefficient (Wildman–Crippen LogP) is 3.25. The van der Waals surface area contributed by atoms with Crippen molar-refractivity contribution in [3.05, 3.63) is 47.4 Å². The van der Waals surface area contributed by atoms with Crippen molar-refractivity contribution in [1.82, 2.24) is 24.8 Å². The first-order valence-electron chi connectivity index (χ1n) is 9.79. The number of nitrogens with one attached hydrogen (secondary N) is 1. The molecule has 9 nitrogen and oxygen atoms in total. The molecule has 1 saturated heterocycles. The van der Waals surface area contributed by atoms with Crippen molar-refractivity contribution in [2.75, 3.05) is 25.1 Å². The maximum absolute atomic E-state index is 11.6. The minimum atomic E-state index is -0.365. The number of benzene rings is 1. The Labute approximate surface area is 183 Å². The lowest BCUT2D eigenvalue weighted by Crippen LogP contribution is -2.25. The van der Waals surface area contributed by atoms with Gasteiger partial charge in [-0.2, -0.15) is 0 Å². The molecule has 0 spiro atoms. The Hall–Kier alpha value is -3.40. The zero-order chi connectivity index (χ0) is 22.0. The van der Waals surface area contributed by atoms with Crippen LogP contribution in [-0.2, 0) is 4.79 Å². The minimum absolute atomic E-state index is 0.266. The average molecular weight is 439 g/mol. The summed E-state index contributed by atoms with van der Waals surface area (Å²) in [6.45, 7) is 5.25. The number of aromatic nitrogens is 4. The van der Waals surface area contributed by atoms with Crippen LogP contribution in [-0.4, -0.2) is 50.9 Å². The van der Waals surface area contributed by atoms with Gasteiger partial charge < -0.3 is 14.2 Å². The number of carbonyl (C=O) groups excluding carboxylic acids is 2. The first-order valence-corrected chi connectivity index (χ1v) is 10.6. The number of hydrogen-bond acceptors (Lipinski definition) is 8. The van der Waals surface area contributed by atoms with Gasteiger partial charge in [0.15, 0.2) is 17.0 Å². The van der Waals surface area contributed by atoms with E-state index in [2.05, 4.69) is 34.1 Å². The number of likely N-dealkylation sites (N-methyl/N-ethyl adjacent to an activating group) is 1. The van der Waals surface area contributed by atoms with Crippen LogP contribution in [0, 0.1) is 0 Å². The molecule has 10 heteroatoms. The number of amides is 2. The molecule has 3 heterocycles. The van der Waals surface area contributed by atoms with Crippen LogP contribution in [0.25, 0.3) is 17.2 Å². The van der Waals surface area contributed by atoms with E-state index in [0.717, 1.165) is 34.3 Å². The summed E-state index contributed by atoms with van der Waals surface area (Å²) in [5.74, 6) is 1.11. The number of hydrogen-bond donors (Lipinski definition) is 1. The smallest absolute Gasteiger partial charge is 0.290 e. The van der Waals surface area contributed by atoms with E-state index in [1.54, 1.807) is 18.7 Å². The molecule has 160 valence electrons. The molecule has 0 aliphatic carbocycles. The number of anilines is 1. The molecule has 2 amide bonds. The van der Waals surface area contributed by atoms with Gasteiger partial charge in [-0.1, -0.05) is 12.1 Å². The molecule has 0 radical (unpaired) electrons. The van der Waals surface area contributed by atoms with Crippen molar-refractivity contribution < 1.29 is 14.3 Å². The fourth-order valence-electron chi connectivity index (χ4n) is 3.14. The normalized spacial score (nSPS) is 15.2. The Bertz CT molecular complexity index is 1160. The van der Waals surface area contributed by atoms with E-state index < -0.39 is 0 Å². The maximum atomic E-state index is 11.6.